The summed E-state index contributed by atoms with van der Waals surface area (Å²) in [6.45, 7) is 3.27. The highest BCUT2D eigenvalue weighted by molar-refractivity contribution is 5.83. The Morgan fingerprint density at radius 2 is 2.33 bits per heavy atom. The average molecular weight is 254 g/mol. The highest BCUT2D eigenvalue weighted by Gasteiger charge is 2.39. The predicted molar refractivity (Wildman–Crippen MR) is 62.3 cm³/mol. The van der Waals surface area contributed by atoms with Crippen molar-refractivity contribution in [2.45, 2.75) is 25.8 Å². The second-order valence-electron chi connectivity index (χ2n) is 4.56. The van der Waals surface area contributed by atoms with Gasteiger partial charge < -0.3 is 15.8 Å². The zero-order valence-electron chi connectivity index (χ0n) is 10.3. The molecule has 1 aromatic rings. The molecular formula is C10H18N6O2. The monoisotopic (exact) mass is 254 g/mol. The highest BCUT2D eigenvalue weighted by Crippen LogP contribution is 2.30. The van der Waals surface area contributed by atoms with Gasteiger partial charge in [0.1, 0.15) is 0 Å². The van der Waals surface area contributed by atoms with E-state index in [1.165, 1.54) is 0 Å². The quantitative estimate of drug-likeness (QED) is 0.642. The van der Waals surface area contributed by atoms with Crippen LogP contribution in [-0.4, -0.2) is 46.3 Å². The molecule has 1 aliphatic heterocycles. The summed E-state index contributed by atoms with van der Waals surface area (Å²) in [6, 6.07) is -0.289. The lowest BCUT2D eigenvalue weighted by Gasteiger charge is -2.35. The minimum Gasteiger partial charge on any atom is -0.381 e. The lowest BCUT2D eigenvalue weighted by molar-refractivity contribution is -0.136. The lowest BCUT2D eigenvalue weighted by Crippen LogP contribution is -2.49. The SMILES string of the molecule is CC(NC(=O)C1(CN)CCOCC1)c1nn[nH]n1. The van der Waals surface area contributed by atoms with Crippen LogP contribution in [-0.2, 0) is 9.53 Å². The summed E-state index contributed by atoms with van der Waals surface area (Å²) >= 11 is 0. The number of aromatic nitrogens is 4. The number of H-pyrrole nitrogens is 1. The summed E-state index contributed by atoms with van der Waals surface area (Å²) in [5.41, 5.74) is 5.24. The Bertz CT molecular complexity index is 387. The molecule has 100 valence electrons. The maximum atomic E-state index is 12.3. The molecule has 1 aromatic heterocycles. The van der Waals surface area contributed by atoms with Gasteiger partial charge in [-0.25, -0.2) is 0 Å². The second kappa shape index (κ2) is 5.40. The molecule has 1 atom stereocenters. The van der Waals surface area contributed by atoms with Crippen molar-refractivity contribution in [1.29, 1.82) is 0 Å². The number of aromatic amines is 1. The van der Waals surface area contributed by atoms with Gasteiger partial charge >= 0.3 is 0 Å². The third-order valence-electron chi connectivity index (χ3n) is 3.42. The first-order valence-electron chi connectivity index (χ1n) is 6.00. The smallest absolute Gasteiger partial charge is 0.228 e. The Morgan fingerprint density at radius 3 is 2.89 bits per heavy atom. The summed E-state index contributed by atoms with van der Waals surface area (Å²) in [4.78, 5) is 12.3. The zero-order valence-corrected chi connectivity index (χ0v) is 10.3. The van der Waals surface area contributed by atoms with Crippen LogP contribution >= 0.6 is 0 Å². The van der Waals surface area contributed by atoms with Gasteiger partial charge in [-0.2, -0.15) is 5.21 Å². The number of hydrogen-bond donors (Lipinski definition) is 3. The largest absolute Gasteiger partial charge is 0.381 e. The molecule has 4 N–H and O–H groups in total. The Kier molecular flexibility index (Phi) is 3.87. The minimum absolute atomic E-state index is 0.0643. The number of amides is 1. The summed E-state index contributed by atoms with van der Waals surface area (Å²) in [5.74, 6) is 0.396. The van der Waals surface area contributed by atoms with Gasteiger partial charge in [-0.15, -0.1) is 10.2 Å². The van der Waals surface area contributed by atoms with Crippen LogP contribution in [0.4, 0.5) is 0 Å². The molecule has 8 nitrogen and oxygen atoms in total. The third-order valence-corrected chi connectivity index (χ3v) is 3.42. The molecule has 2 rings (SSSR count). The van der Waals surface area contributed by atoms with E-state index in [9.17, 15) is 4.79 Å². The van der Waals surface area contributed by atoms with Crippen molar-refractivity contribution in [3.8, 4) is 0 Å². The van der Waals surface area contributed by atoms with Crippen molar-refractivity contribution < 1.29 is 9.53 Å². The third kappa shape index (κ3) is 2.49. The van der Waals surface area contributed by atoms with E-state index >= 15 is 0 Å². The van der Waals surface area contributed by atoms with E-state index in [2.05, 4.69) is 25.9 Å². The van der Waals surface area contributed by atoms with E-state index in [0.717, 1.165) is 0 Å². The molecule has 0 spiro atoms. The molecule has 1 fully saturated rings. The molecule has 1 saturated heterocycles. The number of nitrogens with one attached hydrogen (secondary N) is 2. The van der Waals surface area contributed by atoms with Gasteiger partial charge in [-0.05, 0) is 19.8 Å². The fraction of sp³-hybridized carbons (Fsp3) is 0.800. The van der Waals surface area contributed by atoms with Crippen molar-refractivity contribution >= 4 is 5.91 Å². The van der Waals surface area contributed by atoms with Crippen LogP contribution in [0, 0.1) is 5.41 Å². The molecule has 1 aliphatic rings. The maximum Gasteiger partial charge on any atom is 0.228 e. The number of nitrogens with zero attached hydrogens (tertiary/aromatic N) is 3. The topological polar surface area (TPSA) is 119 Å². The Hall–Kier alpha value is -1.54. The first-order chi connectivity index (χ1) is 8.68. The molecule has 1 unspecified atom stereocenters. The van der Waals surface area contributed by atoms with Crippen molar-refractivity contribution in [3.63, 3.8) is 0 Å². The molecule has 0 aliphatic carbocycles. The van der Waals surface area contributed by atoms with Crippen LogP contribution in [0.1, 0.15) is 31.6 Å². The van der Waals surface area contributed by atoms with Crippen LogP contribution in [0.5, 0.6) is 0 Å². The summed E-state index contributed by atoms with van der Waals surface area (Å²) in [5, 5.41) is 16.4. The van der Waals surface area contributed by atoms with Gasteiger partial charge in [-0.3, -0.25) is 4.79 Å². The number of tetrazole rings is 1. The number of nitrogens with two attached hydrogens (primary N) is 1. The van der Waals surface area contributed by atoms with Crippen molar-refractivity contribution in [2.75, 3.05) is 19.8 Å². The van der Waals surface area contributed by atoms with Gasteiger partial charge in [0.15, 0.2) is 5.82 Å². The Labute approximate surface area is 105 Å². The molecule has 0 aromatic carbocycles. The van der Waals surface area contributed by atoms with Gasteiger partial charge in [0, 0.05) is 19.8 Å². The first-order valence-corrected chi connectivity index (χ1v) is 6.00. The number of ether oxygens (including phenoxy) is 1. The van der Waals surface area contributed by atoms with E-state index < -0.39 is 5.41 Å². The zero-order chi connectivity index (χ0) is 13.0. The van der Waals surface area contributed by atoms with E-state index in [1.807, 2.05) is 6.92 Å². The van der Waals surface area contributed by atoms with Crippen LogP contribution < -0.4 is 11.1 Å². The summed E-state index contributed by atoms with van der Waals surface area (Å²) < 4.78 is 5.28. The van der Waals surface area contributed by atoms with E-state index in [1.54, 1.807) is 0 Å². The standard InChI is InChI=1S/C10H18N6O2/c1-7(8-13-15-16-14-8)12-9(17)10(6-11)2-4-18-5-3-10/h7H,2-6,11H2,1H3,(H,12,17)(H,13,14,15,16). The number of rotatable bonds is 4. The highest BCUT2D eigenvalue weighted by atomic mass is 16.5. The second-order valence-corrected chi connectivity index (χ2v) is 4.56. The lowest BCUT2D eigenvalue weighted by atomic mass is 9.79. The average Bonchev–Trinajstić information content (AvgIpc) is 2.93. The van der Waals surface area contributed by atoms with Gasteiger partial charge in [0.25, 0.3) is 0 Å². The fourth-order valence-electron chi connectivity index (χ4n) is 2.05. The van der Waals surface area contributed by atoms with Crippen molar-refractivity contribution in [2.24, 2.45) is 11.1 Å². The predicted octanol–water partition coefficient (Wildman–Crippen LogP) is -0.868. The molecule has 0 radical (unpaired) electrons. The first kappa shape index (κ1) is 12.9. The number of carbonyl (C=O) groups excluding carboxylic acids is 1. The molecular weight excluding hydrogens is 236 g/mol. The normalized spacial score (nSPS) is 20.3. The van der Waals surface area contributed by atoms with E-state index in [-0.39, 0.29) is 11.9 Å². The van der Waals surface area contributed by atoms with Gasteiger partial charge in [-0.1, -0.05) is 5.21 Å². The number of hydrogen-bond acceptors (Lipinski definition) is 6. The fourth-order valence-corrected chi connectivity index (χ4v) is 2.05. The van der Waals surface area contributed by atoms with Gasteiger partial charge in [0.05, 0.1) is 11.5 Å². The molecule has 0 saturated carbocycles. The minimum atomic E-state index is -0.532. The maximum absolute atomic E-state index is 12.3. The van der Waals surface area contributed by atoms with Crippen LogP contribution in [0.25, 0.3) is 0 Å². The van der Waals surface area contributed by atoms with Crippen LogP contribution in [0.2, 0.25) is 0 Å². The molecule has 0 bridgehead atoms. The Morgan fingerprint density at radius 1 is 1.61 bits per heavy atom. The number of carbonyl (C=O) groups is 1. The van der Waals surface area contributed by atoms with Crippen molar-refractivity contribution in [3.05, 3.63) is 5.82 Å². The van der Waals surface area contributed by atoms with E-state index in [4.69, 9.17) is 10.5 Å². The molecule has 2 heterocycles. The van der Waals surface area contributed by atoms with Crippen LogP contribution in [0.15, 0.2) is 0 Å². The van der Waals surface area contributed by atoms with Crippen molar-refractivity contribution in [1.82, 2.24) is 25.9 Å². The van der Waals surface area contributed by atoms with E-state index in [0.29, 0.717) is 38.4 Å². The van der Waals surface area contributed by atoms with Crippen LogP contribution in [0.3, 0.4) is 0 Å². The molecule has 1 amide bonds. The molecule has 8 heteroatoms. The molecule has 18 heavy (non-hydrogen) atoms. The summed E-state index contributed by atoms with van der Waals surface area (Å²) in [7, 11) is 0. The Balaban J connectivity index is 2.01. The van der Waals surface area contributed by atoms with Gasteiger partial charge in [0.2, 0.25) is 5.91 Å². The summed E-state index contributed by atoms with van der Waals surface area (Å²) in [6.07, 6.45) is 1.29.